The van der Waals surface area contributed by atoms with Gasteiger partial charge >= 0.3 is 6.01 Å². The molecule has 0 saturated heterocycles. The molecule has 16 heavy (non-hydrogen) atoms. The van der Waals surface area contributed by atoms with Crippen LogP contribution in [0.3, 0.4) is 0 Å². The third-order valence-corrected chi connectivity index (χ3v) is 2.42. The Morgan fingerprint density at radius 1 is 0.875 bits per heavy atom. The maximum absolute atomic E-state index is 5.31. The summed E-state index contributed by atoms with van der Waals surface area (Å²) < 4.78 is 10.4. The van der Waals surface area contributed by atoms with E-state index < -0.39 is 0 Å². The molecule has 4 heteroatoms. The summed E-state index contributed by atoms with van der Waals surface area (Å²) in [4.78, 5) is 8.63. The zero-order valence-corrected chi connectivity index (χ0v) is 10.9. The molecule has 0 amide bonds. The minimum absolute atomic E-state index is 0.322. The molecule has 0 atom stereocenters. The third-order valence-electron chi connectivity index (χ3n) is 2.42. The van der Waals surface area contributed by atoms with Crippen LogP contribution in [0.15, 0.2) is 0 Å². The van der Waals surface area contributed by atoms with E-state index in [1.807, 2.05) is 0 Å². The van der Waals surface area contributed by atoms with Gasteiger partial charge in [0, 0.05) is 5.56 Å². The molecule has 0 aliphatic rings. The Bertz CT molecular complexity index is 362. The first-order valence-electron chi connectivity index (χ1n) is 5.51. The molecule has 0 unspecified atom stereocenters. The van der Waals surface area contributed by atoms with Crippen LogP contribution in [0.5, 0.6) is 11.9 Å². The Labute approximate surface area is 97.0 Å². The van der Waals surface area contributed by atoms with Crippen molar-refractivity contribution in [2.24, 2.45) is 0 Å². The summed E-state index contributed by atoms with van der Waals surface area (Å²) in [5, 5.41) is 0. The first-order valence-corrected chi connectivity index (χ1v) is 5.51. The number of rotatable bonds is 4. The highest BCUT2D eigenvalue weighted by Gasteiger charge is 2.20. The van der Waals surface area contributed by atoms with Crippen LogP contribution in [0.1, 0.15) is 50.8 Å². The molecule has 4 nitrogen and oxygen atoms in total. The fourth-order valence-electron chi connectivity index (χ4n) is 1.67. The Kier molecular flexibility index (Phi) is 4.10. The third kappa shape index (κ3) is 2.43. The van der Waals surface area contributed by atoms with E-state index in [9.17, 15) is 0 Å². The van der Waals surface area contributed by atoms with E-state index >= 15 is 0 Å². The number of ether oxygens (including phenoxy) is 2. The molecule has 1 heterocycles. The fourth-order valence-corrected chi connectivity index (χ4v) is 1.67. The molecule has 0 bridgehead atoms. The smallest absolute Gasteiger partial charge is 0.319 e. The van der Waals surface area contributed by atoms with Gasteiger partial charge in [0.05, 0.1) is 19.9 Å². The molecule has 0 fully saturated rings. The Hall–Kier alpha value is -1.32. The lowest BCUT2D eigenvalue weighted by atomic mass is 9.96. The summed E-state index contributed by atoms with van der Waals surface area (Å²) in [7, 11) is 3.19. The van der Waals surface area contributed by atoms with Crippen LogP contribution in [-0.2, 0) is 0 Å². The Morgan fingerprint density at radius 2 is 1.50 bits per heavy atom. The summed E-state index contributed by atoms with van der Waals surface area (Å²) in [6.45, 7) is 8.43. The quantitative estimate of drug-likeness (QED) is 0.788. The van der Waals surface area contributed by atoms with Gasteiger partial charge in [0.1, 0.15) is 0 Å². The first kappa shape index (κ1) is 12.7. The summed E-state index contributed by atoms with van der Waals surface area (Å²) in [6, 6.07) is 0.366. The second-order valence-corrected chi connectivity index (χ2v) is 4.33. The number of hydrogen-bond donors (Lipinski definition) is 0. The van der Waals surface area contributed by atoms with Crippen LogP contribution in [-0.4, -0.2) is 24.2 Å². The monoisotopic (exact) mass is 224 g/mol. The van der Waals surface area contributed by atoms with Gasteiger partial charge in [0.25, 0.3) is 0 Å². The molecule has 0 aliphatic carbocycles. The molecule has 1 rings (SSSR count). The Morgan fingerprint density at radius 3 is 1.88 bits per heavy atom. The summed E-state index contributed by atoms with van der Waals surface area (Å²) >= 11 is 0. The minimum Gasteiger partial charge on any atom is -0.481 e. The lowest BCUT2D eigenvalue weighted by molar-refractivity contribution is 0.344. The maximum Gasteiger partial charge on any atom is 0.319 e. The predicted molar refractivity (Wildman–Crippen MR) is 63.3 cm³/mol. The second kappa shape index (κ2) is 5.14. The molecular weight excluding hydrogens is 204 g/mol. The van der Waals surface area contributed by atoms with E-state index in [2.05, 4.69) is 37.7 Å². The minimum atomic E-state index is 0.322. The van der Waals surface area contributed by atoms with Gasteiger partial charge in [-0.2, -0.15) is 9.97 Å². The van der Waals surface area contributed by atoms with E-state index in [1.165, 1.54) is 0 Å². The van der Waals surface area contributed by atoms with Crippen LogP contribution in [0, 0.1) is 0 Å². The highest BCUT2D eigenvalue weighted by atomic mass is 16.5. The van der Waals surface area contributed by atoms with Crippen LogP contribution in [0.4, 0.5) is 0 Å². The van der Waals surface area contributed by atoms with Crippen LogP contribution < -0.4 is 9.47 Å². The predicted octanol–water partition coefficient (Wildman–Crippen LogP) is 2.74. The second-order valence-electron chi connectivity index (χ2n) is 4.33. The van der Waals surface area contributed by atoms with E-state index in [4.69, 9.17) is 9.47 Å². The zero-order valence-electron chi connectivity index (χ0n) is 10.9. The average molecular weight is 224 g/mol. The van der Waals surface area contributed by atoms with E-state index in [0.29, 0.717) is 23.7 Å². The van der Waals surface area contributed by atoms with Crippen molar-refractivity contribution in [3.05, 3.63) is 11.3 Å². The summed E-state index contributed by atoms with van der Waals surface area (Å²) in [6.07, 6.45) is 0. The van der Waals surface area contributed by atoms with Crippen molar-refractivity contribution in [1.29, 1.82) is 0 Å². The molecule has 90 valence electrons. The van der Waals surface area contributed by atoms with Crippen molar-refractivity contribution in [1.82, 2.24) is 9.97 Å². The standard InChI is InChI=1S/C12H20N2O2/c1-7(2)9-10(8(3)4)13-12(16-6)14-11(9)15-5/h7-8H,1-6H3. The van der Waals surface area contributed by atoms with E-state index in [1.54, 1.807) is 14.2 Å². The summed E-state index contributed by atoms with van der Waals surface area (Å²) in [5.74, 6) is 1.27. The molecule has 0 spiro atoms. The number of aromatic nitrogens is 2. The fraction of sp³-hybridized carbons (Fsp3) is 0.667. The van der Waals surface area contributed by atoms with Gasteiger partial charge < -0.3 is 9.47 Å². The molecule has 0 radical (unpaired) electrons. The molecular formula is C12H20N2O2. The first-order chi connectivity index (χ1) is 7.51. The van der Waals surface area contributed by atoms with Gasteiger partial charge in [-0.25, -0.2) is 0 Å². The van der Waals surface area contributed by atoms with Gasteiger partial charge in [-0.15, -0.1) is 0 Å². The van der Waals surface area contributed by atoms with Crippen molar-refractivity contribution < 1.29 is 9.47 Å². The van der Waals surface area contributed by atoms with Gasteiger partial charge in [0.15, 0.2) is 0 Å². The molecule has 1 aromatic heterocycles. The van der Waals surface area contributed by atoms with Crippen LogP contribution in [0.2, 0.25) is 0 Å². The SMILES string of the molecule is COc1nc(OC)c(C(C)C)c(C(C)C)n1. The van der Waals surface area contributed by atoms with Crippen LogP contribution in [0.25, 0.3) is 0 Å². The lowest BCUT2D eigenvalue weighted by Crippen LogP contribution is -2.08. The highest BCUT2D eigenvalue weighted by Crippen LogP contribution is 2.32. The van der Waals surface area contributed by atoms with E-state index in [0.717, 1.165) is 11.3 Å². The molecule has 0 saturated carbocycles. The van der Waals surface area contributed by atoms with Crippen molar-refractivity contribution in [2.75, 3.05) is 14.2 Å². The van der Waals surface area contributed by atoms with Crippen molar-refractivity contribution in [3.63, 3.8) is 0 Å². The van der Waals surface area contributed by atoms with Crippen molar-refractivity contribution in [2.45, 2.75) is 39.5 Å². The number of methoxy groups -OCH3 is 2. The van der Waals surface area contributed by atoms with Crippen molar-refractivity contribution >= 4 is 0 Å². The van der Waals surface area contributed by atoms with E-state index in [-0.39, 0.29) is 0 Å². The lowest BCUT2D eigenvalue weighted by Gasteiger charge is -2.18. The summed E-state index contributed by atoms with van der Waals surface area (Å²) in [5.41, 5.74) is 2.07. The topological polar surface area (TPSA) is 44.2 Å². The largest absolute Gasteiger partial charge is 0.481 e. The molecule has 1 aromatic rings. The zero-order chi connectivity index (χ0) is 12.3. The van der Waals surface area contributed by atoms with Crippen LogP contribution >= 0.6 is 0 Å². The van der Waals surface area contributed by atoms with Gasteiger partial charge in [-0.05, 0) is 11.8 Å². The average Bonchev–Trinajstić information content (AvgIpc) is 2.26. The Balaban J connectivity index is 3.41. The van der Waals surface area contributed by atoms with Gasteiger partial charge in [0.2, 0.25) is 5.88 Å². The van der Waals surface area contributed by atoms with Gasteiger partial charge in [-0.1, -0.05) is 27.7 Å². The van der Waals surface area contributed by atoms with Crippen molar-refractivity contribution in [3.8, 4) is 11.9 Å². The van der Waals surface area contributed by atoms with Gasteiger partial charge in [-0.3, -0.25) is 0 Å². The molecule has 0 N–H and O–H groups in total. The maximum atomic E-state index is 5.31. The molecule has 0 aliphatic heterocycles. The molecule has 0 aromatic carbocycles. The number of hydrogen-bond acceptors (Lipinski definition) is 4. The highest BCUT2D eigenvalue weighted by molar-refractivity contribution is 5.36. The normalized spacial score (nSPS) is 11.0. The number of nitrogens with zero attached hydrogens (tertiary/aromatic N) is 2.